The van der Waals surface area contributed by atoms with Crippen LogP contribution in [0.1, 0.15) is 17.0 Å². The Balaban J connectivity index is 1.26. The van der Waals surface area contributed by atoms with Crippen molar-refractivity contribution in [3.8, 4) is 5.75 Å². The molecule has 0 spiro atoms. The number of anilines is 1. The number of para-hydroxylation sites is 2. The van der Waals surface area contributed by atoms with Crippen LogP contribution in [-0.4, -0.2) is 60.8 Å². The molecule has 4 N–H and O–H groups in total. The van der Waals surface area contributed by atoms with Gasteiger partial charge in [-0.3, -0.25) is 4.79 Å². The second-order valence-electron chi connectivity index (χ2n) is 10.3. The standard InChI is InChI=1S/C34H34ClN3O5S/c35-25-15-17-28(18-16-25)44-22-27-20-36-19-26(43-27)21-42-30-14-8-7-13-29(30)37-33(39)32(38-34(40)41)31(23-9-3-1-4-10-23)24-11-5-2-6-12-24/h1-18,26-27,31-32,36,38H,19-22H2,(H,37,39)(H,40,41)/t26-,27-,32?/m0/s1. The first-order valence-electron chi connectivity index (χ1n) is 14.3. The van der Waals surface area contributed by atoms with Crippen LogP contribution in [0.2, 0.25) is 5.02 Å². The van der Waals surface area contributed by atoms with Crippen LogP contribution in [0.25, 0.3) is 0 Å². The van der Waals surface area contributed by atoms with Gasteiger partial charge in [0.2, 0.25) is 5.91 Å². The Hall–Kier alpha value is -4.02. The maximum Gasteiger partial charge on any atom is 0.405 e. The van der Waals surface area contributed by atoms with Crippen molar-refractivity contribution in [2.45, 2.75) is 29.1 Å². The third kappa shape index (κ3) is 8.76. The number of nitrogens with one attached hydrogen (secondary N) is 3. The molecule has 0 radical (unpaired) electrons. The fourth-order valence-electron chi connectivity index (χ4n) is 5.11. The molecule has 0 saturated carbocycles. The monoisotopic (exact) mass is 631 g/mol. The van der Waals surface area contributed by atoms with Gasteiger partial charge in [-0.15, -0.1) is 11.8 Å². The maximum atomic E-state index is 13.8. The first kappa shape index (κ1) is 31.4. The van der Waals surface area contributed by atoms with E-state index in [4.69, 9.17) is 21.1 Å². The quantitative estimate of drug-likeness (QED) is 0.136. The Bertz CT molecular complexity index is 1470. The number of hydrogen-bond donors (Lipinski definition) is 4. The number of hydrogen-bond acceptors (Lipinski definition) is 6. The predicted octanol–water partition coefficient (Wildman–Crippen LogP) is 6.27. The van der Waals surface area contributed by atoms with Crippen LogP contribution in [-0.2, 0) is 9.53 Å². The fourth-order valence-corrected chi connectivity index (χ4v) is 6.14. The normalized spacial score (nSPS) is 17.0. The van der Waals surface area contributed by atoms with E-state index in [0.29, 0.717) is 23.0 Å². The molecule has 44 heavy (non-hydrogen) atoms. The summed E-state index contributed by atoms with van der Waals surface area (Å²) in [5.74, 6) is 0.175. The lowest BCUT2D eigenvalue weighted by Gasteiger charge is -2.31. The number of carbonyl (C=O) groups excluding carboxylic acids is 1. The van der Waals surface area contributed by atoms with Gasteiger partial charge in [0.1, 0.15) is 24.5 Å². The second-order valence-corrected chi connectivity index (χ2v) is 11.9. The molecule has 1 saturated heterocycles. The second kappa shape index (κ2) is 15.6. The van der Waals surface area contributed by atoms with Crippen molar-refractivity contribution in [1.82, 2.24) is 10.6 Å². The van der Waals surface area contributed by atoms with E-state index in [0.717, 1.165) is 28.3 Å². The van der Waals surface area contributed by atoms with Gasteiger partial charge in [-0.05, 0) is 47.5 Å². The number of morpholine rings is 1. The van der Waals surface area contributed by atoms with Gasteiger partial charge in [0.25, 0.3) is 0 Å². The molecule has 0 aromatic heterocycles. The molecule has 1 unspecified atom stereocenters. The fraction of sp³-hybridized carbons (Fsp3) is 0.235. The van der Waals surface area contributed by atoms with Gasteiger partial charge >= 0.3 is 6.09 Å². The molecule has 1 aliphatic heterocycles. The molecule has 228 valence electrons. The zero-order valence-corrected chi connectivity index (χ0v) is 25.5. The number of rotatable bonds is 12. The lowest BCUT2D eigenvalue weighted by molar-refractivity contribution is -0.118. The van der Waals surface area contributed by atoms with Crippen molar-refractivity contribution in [2.24, 2.45) is 0 Å². The summed E-state index contributed by atoms with van der Waals surface area (Å²) in [4.78, 5) is 26.8. The summed E-state index contributed by atoms with van der Waals surface area (Å²) in [6, 6.07) is 32.5. The minimum atomic E-state index is -1.29. The molecule has 2 amide bonds. The van der Waals surface area contributed by atoms with E-state index < -0.39 is 24.0 Å². The highest BCUT2D eigenvalue weighted by atomic mass is 35.5. The highest BCUT2D eigenvalue weighted by Crippen LogP contribution is 2.31. The number of ether oxygens (including phenoxy) is 2. The Kier molecular flexibility index (Phi) is 11.2. The molecule has 4 aromatic rings. The summed E-state index contributed by atoms with van der Waals surface area (Å²) in [5.41, 5.74) is 2.05. The van der Waals surface area contributed by atoms with Crippen molar-refractivity contribution in [3.63, 3.8) is 0 Å². The molecule has 1 aliphatic rings. The number of carboxylic acid groups (broad SMARTS) is 1. The molecule has 10 heteroatoms. The average Bonchev–Trinajstić information content (AvgIpc) is 3.05. The molecule has 4 aromatic carbocycles. The van der Waals surface area contributed by atoms with Crippen LogP contribution in [0.3, 0.4) is 0 Å². The van der Waals surface area contributed by atoms with Crippen LogP contribution < -0.4 is 20.7 Å². The van der Waals surface area contributed by atoms with Crippen molar-refractivity contribution in [2.75, 3.05) is 30.8 Å². The van der Waals surface area contributed by atoms with E-state index in [1.165, 1.54) is 0 Å². The first-order chi connectivity index (χ1) is 21.5. The number of carbonyl (C=O) groups is 2. The van der Waals surface area contributed by atoms with Crippen LogP contribution in [0.4, 0.5) is 10.5 Å². The minimum absolute atomic E-state index is 0.00346. The van der Waals surface area contributed by atoms with E-state index in [1.54, 1.807) is 30.0 Å². The summed E-state index contributed by atoms with van der Waals surface area (Å²) in [6.07, 6.45) is -1.48. The van der Waals surface area contributed by atoms with Crippen molar-refractivity contribution >= 4 is 41.1 Å². The summed E-state index contributed by atoms with van der Waals surface area (Å²) in [6.45, 7) is 1.65. The summed E-state index contributed by atoms with van der Waals surface area (Å²) in [7, 11) is 0. The zero-order valence-electron chi connectivity index (χ0n) is 23.9. The van der Waals surface area contributed by atoms with E-state index in [9.17, 15) is 14.7 Å². The third-order valence-electron chi connectivity index (χ3n) is 7.16. The lowest BCUT2D eigenvalue weighted by Crippen LogP contribution is -2.48. The zero-order chi connectivity index (χ0) is 30.7. The number of thioether (sulfide) groups is 1. The highest BCUT2D eigenvalue weighted by Gasteiger charge is 2.33. The van der Waals surface area contributed by atoms with E-state index in [-0.39, 0.29) is 18.8 Å². The molecule has 0 bridgehead atoms. The molecule has 3 atom stereocenters. The van der Waals surface area contributed by atoms with E-state index >= 15 is 0 Å². The van der Waals surface area contributed by atoms with Gasteiger partial charge in [-0.25, -0.2) is 4.79 Å². The van der Waals surface area contributed by atoms with Gasteiger partial charge in [0.15, 0.2) is 0 Å². The average molecular weight is 632 g/mol. The molecule has 5 rings (SSSR count). The van der Waals surface area contributed by atoms with Crippen LogP contribution in [0.5, 0.6) is 5.75 Å². The summed E-state index contributed by atoms with van der Waals surface area (Å²) in [5, 5.41) is 19.2. The van der Waals surface area contributed by atoms with E-state index in [2.05, 4.69) is 16.0 Å². The Morgan fingerprint density at radius 1 is 0.886 bits per heavy atom. The highest BCUT2D eigenvalue weighted by molar-refractivity contribution is 7.99. The van der Waals surface area contributed by atoms with Crippen molar-refractivity contribution in [3.05, 3.63) is 125 Å². The Labute approximate surface area is 266 Å². The number of benzene rings is 4. The van der Waals surface area contributed by atoms with Gasteiger partial charge in [-0.1, -0.05) is 84.4 Å². The Morgan fingerprint density at radius 3 is 2.16 bits per heavy atom. The minimum Gasteiger partial charge on any atom is -0.489 e. The topological polar surface area (TPSA) is 109 Å². The predicted molar refractivity (Wildman–Crippen MR) is 174 cm³/mol. The van der Waals surface area contributed by atoms with Gasteiger partial charge in [-0.2, -0.15) is 0 Å². The largest absolute Gasteiger partial charge is 0.489 e. The maximum absolute atomic E-state index is 13.8. The molecule has 1 fully saturated rings. The number of amides is 2. The molecule has 8 nitrogen and oxygen atoms in total. The molecule has 1 heterocycles. The number of halogens is 1. The van der Waals surface area contributed by atoms with E-state index in [1.807, 2.05) is 91.0 Å². The SMILES string of the molecule is O=C(O)NC(C(=O)Nc1ccccc1OC[C@@H]1CNC[C@@H](CSc2ccc(Cl)cc2)O1)C(c1ccccc1)c1ccccc1. The Morgan fingerprint density at radius 2 is 1.50 bits per heavy atom. The first-order valence-corrected chi connectivity index (χ1v) is 15.7. The van der Waals surface area contributed by atoms with Crippen LogP contribution in [0.15, 0.2) is 114 Å². The summed E-state index contributed by atoms with van der Waals surface area (Å²) >= 11 is 7.70. The van der Waals surface area contributed by atoms with Gasteiger partial charge < -0.3 is 30.5 Å². The van der Waals surface area contributed by atoms with Crippen LogP contribution >= 0.6 is 23.4 Å². The molecular formula is C34H34ClN3O5S. The lowest BCUT2D eigenvalue weighted by atomic mass is 9.84. The smallest absolute Gasteiger partial charge is 0.405 e. The molecular weight excluding hydrogens is 598 g/mol. The van der Waals surface area contributed by atoms with Gasteiger partial charge in [0.05, 0.1) is 11.8 Å². The third-order valence-corrected chi connectivity index (χ3v) is 8.56. The van der Waals surface area contributed by atoms with Crippen LogP contribution in [0, 0.1) is 0 Å². The summed E-state index contributed by atoms with van der Waals surface area (Å²) < 4.78 is 12.4. The molecule has 0 aliphatic carbocycles. The van der Waals surface area contributed by atoms with Crippen molar-refractivity contribution in [1.29, 1.82) is 0 Å². The van der Waals surface area contributed by atoms with Gasteiger partial charge in [0, 0.05) is 34.7 Å². The van der Waals surface area contributed by atoms with Crippen molar-refractivity contribution < 1.29 is 24.2 Å².